The van der Waals surface area contributed by atoms with Gasteiger partial charge in [0.25, 0.3) is 0 Å². The summed E-state index contributed by atoms with van der Waals surface area (Å²) >= 11 is 0. The molecule has 2 amide bonds. The molecule has 2 aliphatic heterocycles. The van der Waals surface area contributed by atoms with Gasteiger partial charge in [0.05, 0.1) is 20.1 Å². The maximum Gasteiger partial charge on any atom is 0.228 e. The fourth-order valence-electron chi connectivity index (χ4n) is 3.86. The smallest absolute Gasteiger partial charge is 0.228 e. The van der Waals surface area contributed by atoms with Crippen LogP contribution < -0.4 is 19.7 Å². The summed E-state index contributed by atoms with van der Waals surface area (Å²) < 4.78 is 10.6. The highest BCUT2D eigenvalue weighted by Gasteiger charge is 2.39. The third-order valence-electron chi connectivity index (χ3n) is 5.24. The van der Waals surface area contributed by atoms with Gasteiger partial charge in [-0.2, -0.15) is 0 Å². The Hall–Kier alpha value is -2.28. The largest absolute Gasteiger partial charge is 0.493 e. The van der Waals surface area contributed by atoms with Crippen molar-refractivity contribution in [2.45, 2.75) is 12.8 Å². The van der Waals surface area contributed by atoms with Crippen molar-refractivity contribution in [1.82, 2.24) is 10.2 Å². The molecule has 1 aromatic carbocycles. The minimum Gasteiger partial charge on any atom is -0.493 e. The van der Waals surface area contributed by atoms with E-state index in [0.29, 0.717) is 24.0 Å². The molecule has 0 spiro atoms. The van der Waals surface area contributed by atoms with Crippen molar-refractivity contribution in [3.8, 4) is 11.5 Å². The van der Waals surface area contributed by atoms with E-state index < -0.39 is 0 Å². The maximum atomic E-state index is 12.8. The summed E-state index contributed by atoms with van der Waals surface area (Å²) in [7, 11) is 5.07. The fraction of sp³-hybridized carbons (Fsp3) is 0.579. The molecule has 0 unspecified atom stereocenters. The van der Waals surface area contributed by atoms with Crippen LogP contribution in [0.25, 0.3) is 0 Å². The average molecular weight is 361 g/mol. The number of hydrogen-bond acceptors (Lipinski definition) is 5. The zero-order valence-corrected chi connectivity index (χ0v) is 15.7. The molecular weight excluding hydrogens is 334 g/mol. The van der Waals surface area contributed by atoms with Crippen LogP contribution in [0.5, 0.6) is 11.5 Å². The molecule has 0 saturated carbocycles. The summed E-state index contributed by atoms with van der Waals surface area (Å²) in [5.41, 5.74) is 0.734. The minimum atomic E-state index is -0.274. The van der Waals surface area contributed by atoms with E-state index >= 15 is 0 Å². The van der Waals surface area contributed by atoms with Crippen LogP contribution in [-0.4, -0.2) is 64.2 Å². The van der Waals surface area contributed by atoms with E-state index in [1.54, 1.807) is 31.3 Å². The molecule has 2 atom stereocenters. The standard InChI is InChI=1S/C19H27N3O4/c1-20-10-13-6-7-21(11-13)19(24)14-8-18(23)22(12-14)15-4-5-16(25-2)17(9-15)26-3/h4-5,9,13-14,20H,6-8,10-12H2,1-3H3/t13-,14-/m1/s1. The zero-order chi connectivity index (χ0) is 18.7. The molecule has 0 radical (unpaired) electrons. The summed E-state index contributed by atoms with van der Waals surface area (Å²) in [5, 5.41) is 3.17. The Labute approximate surface area is 154 Å². The molecule has 0 bridgehead atoms. The zero-order valence-electron chi connectivity index (χ0n) is 15.7. The van der Waals surface area contributed by atoms with Crippen LogP contribution in [0.2, 0.25) is 0 Å². The van der Waals surface area contributed by atoms with Gasteiger partial charge < -0.3 is 24.6 Å². The van der Waals surface area contributed by atoms with Gasteiger partial charge in [0.1, 0.15) is 0 Å². The van der Waals surface area contributed by atoms with Crippen molar-refractivity contribution in [2.24, 2.45) is 11.8 Å². The Morgan fingerprint density at radius 1 is 1.23 bits per heavy atom. The number of rotatable bonds is 6. The number of likely N-dealkylation sites (tertiary alicyclic amines) is 1. The van der Waals surface area contributed by atoms with Gasteiger partial charge in [-0.25, -0.2) is 0 Å². The molecule has 0 aromatic heterocycles. The molecular formula is C19H27N3O4. The summed E-state index contributed by atoms with van der Waals surface area (Å²) in [6.07, 6.45) is 1.28. The lowest BCUT2D eigenvalue weighted by Gasteiger charge is -2.21. The van der Waals surface area contributed by atoms with Crippen LogP contribution in [0, 0.1) is 11.8 Å². The first-order valence-corrected chi connectivity index (χ1v) is 9.03. The molecule has 7 heteroatoms. The number of amides is 2. The van der Waals surface area contributed by atoms with Crippen LogP contribution >= 0.6 is 0 Å². The number of anilines is 1. The Morgan fingerprint density at radius 2 is 2.00 bits per heavy atom. The van der Waals surface area contributed by atoms with Crippen LogP contribution in [0.1, 0.15) is 12.8 Å². The maximum absolute atomic E-state index is 12.8. The lowest BCUT2D eigenvalue weighted by molar-refractivity contribution is -0.134. The van der Waals surface area contributed by atoms with Gasteiger partial charge in [-0.15, -0.1) is 0 Å². The van der Waals surface area contributed by atoms with Gasteiger partial charge in [-0.05, 0) is 38.1 Å². The van der Waals surface area contributed by atoms with Crippen molar-refractivity contribution in [3.05, 3.63) is 18.2 Å². The quantitative estimate of drug-likeness (QED) is 0.822. The first-order chi connectivity index (χ1) is 12.6. The third-order valence-corrected chi connectivity index (χ3v) is 5.24. The van der Waals surface area contributed by atoms with E-state index in [1.165, 1.54) is 0 Å². The molecule has 2 heterocycles. The third kappa shape index (κ3) is 3.62. The first-order valence-electron chi connectivity index (χ1n) is 9.03. The molecule has 7 nitrogen and oxygen atoms in total. The van der Waals surface area contributed by atoms with Crippen molar-refractivity contribution < 1.29 is 19.1 Å². The molecule has 0 aliphatic carbocycles. The Balaban J connectivity index is 1.68. The topological polar surface area (TPSA) is 71.1 Å². The highest BCUT2D eigenvalue weighted by Crippen LogP contribution is 2.34. The number of hydrogen-bond donors (Lipinski definition) is 1. The monoisotopic (exact) mass is 361 g/mol. The van der Waals surface area contributed by atoms with E-state index in [1.807, 2.05) is 18.0 Å². The van der Waals surface area contributed by atoms with E-state index in [4.69, 9.17) is 9.47 Å². The molecule has 26 heavy (non-hydrogen) atoms. The highest BCUT2D eigenvalue weighted by atomic mass is 16.5. The summed E-state index contributed by atoms with van der Waals surface area (Å²) in [5.74, 6) is 1.48. The molecule has 2 saturated heterocycles. The lowest BCUT2D eigenvalue weighted by atomic mass is 10.1. The minimum absolute atomic E-state index is 0.0264. The summed E-state index contributed by atoms with van der Waals surface area (Å²) in [6.45, 7) is 2.90. The van der Waals surface area contributed by atoms with Crippen LogP contribution in [0.4, 0.5) is 5.69 Å². The Kier molecular flexibility index (Phi) is 5.66. The van der Waals surface area contributed by atoms with E-state index in [9.17, 15) is 9.59 Å². The van der Waals surface area contributed by atoms with Crippen molar-refractivity contribution >= 4 is 17.5 Å². The highest BCUT2D eigenvalue weighted by molar-refractivity contribution is 6.00. The predicted molar refractivity (Wildman–Crippen MR) is 98.6 cm³/mol. The van der Waals surface area contributed by atoms with Crippen LogP contribution in [-0.2, 0) is 9.59 Å². The van der Waals surface area contributed by atoms with E-state index in [-0.39, 0.29) is 24.2 Å². The second-order valence-corrected chi connectivity index (χ2v) is 6.94. The predicted octanol–water partition coefficient (Wildman–Crippen LogP) is 1.12. The van der Waals surface area contributed by atoms with Crippen molar-refractivity contribution in [1.29, 1.82) is 0 Å². The van der Waals surface area contributed by atoms with Gasteiger partial charge in [-0.1, -0.05) is 0 Å². The van der Waals surface area contributed by atoms with Gasteiger partial charge in [0.15, 0.2) is 11.5 Å². The molecule has 2 fully saturated rings. The number of nitrogens with one attached hydrogen (secondary N) is 1. The van der Waals surface area contributed by atoms with Crippen molar-refractivity contribution in [2.75, 3.05) is 52.3 Å². The van der Waals surface area contributed by atoms with Gasteiger partial charge in [0, 0.05) is 37.8 Å². The van der Waals surface area contributed by atoms with Crippen LogP contribution in [0.15, 0.2) is 18.2 Å². The first kappa shape index (κ1) is 18.5. The van der Waals surface area contributed by atoms with E-state index in [2.05, 4.69) is 5.32 Å². The number of benzene rings is 1. The van der Waals surface area contributed by atoms with Gasteiger partial charge in [-0.3, -0.25) is 9.59 Å². The second-order valence-electron chi connectivity index (χ2n) is 6.94. The number of nitrogens with zero attached hydrogens (tertiary/aromatic N) is 2. The molecule has 1 aromatic rings. The van der Waals surface area contributed by atoms with Crippen LogP contribution in [0.3, 0.4) is 0 Å². The summed E-state index contributed by atoms with van der Waals surface area (Å²) in [4.78, 5) is 28.9. The van der Waals surface area contributed by atoms with Gasteiger partial charge >= 0.3 is 0 Å². The number of carbonyl (C=O) groups is 2. The number of ether oxygens (including phenoxy) is 2. The SMILES string of the molecule is CNC[C@H]1CCN(C(=O)[C@@H]2CC(=O)N(c3ccc(OC)c(OC)c3)C2)C1. The average Bonchev–Trinajstić information content (AvgIpc) is 3.27. The molecule has 1 N–H and O–H groups in total. The van der Waals surface area contributed by atoms with Gasteiger partial charge in [0.2, 0.25) is 11.8 Å². The number of carbonyl (C=O) groups excluding carboxylic acids is 2. The van der Waals surface area contributed by atoms with E-state index in [0.717, 1.165) is 31.7 Å². The molecule has 2 aliphatic rings. The molecule has 142 valence electrons. The Bertz CT molecular complexity index is 679. The lowest BCUT2D eigenvalue weighted by Crippen LogP contribution is -2.36. The Morgan fingerprint density at radius 3 is 2.69 bits per heavy atom. The molecule has 3 rings (SSSR count). The number of methoxy groups -OCH3 is 2. The summed E-state index contributed by atoms with van der Waals surface area (Å²) in [6, 6.07) is 5.38. The van der Waals surface area contributed by atoms with Crippen molar-refractivity contribution in [3.63, 3.8) is 0 Å². The fourth-order valence-corrected chi connectivity index (χ4v) is 3.86. The second kappa shape index (κ2) is 7.95. The normalized spacial score (nSPS) is 22.8.